The van der Waals surface area contributed by atoms with Gasteiger partial charge in [0.25, 0.3) is 0 Å². The summed E-state index contributed by atoms with van der Waals surface area (Å²) in [6, 6.07) is 0.00750. The smallest absolute Gasteiger partial charge is 0.330 e. The molecule has 11 heteroatoms. The van der Waals surface area contributed by atoms with Crippen LogP contribution in [0.25, 0.3) is 0 Å². The van der Waals surface area contributed by atoms with Crippen LogP contribution in [0.2, 0.25) is 0 Å². The Morgan fingerprint density at radius 3 is 1.73 bits per heavy atom. The van der Waals surface area contributed by atoms with Crippen LogP contribution in [0.15, 0.2) is 47.9 Å². The molecule has 0 aromatic heterocycles. The number of aliphatic hydroxyl groups is 1. The van der Waals surface area contributed by atoms with Crippen LogP contribution in [0.1, 0.15) is 40.0 Å². The number of ether oxygens (including phenoxy) is 3. The molecule has 0 bridgehead atoms. The monoisotopic (exact) mass is 520 g/mol. The Kier molecular flexibility index (Phi) is 14.6. The first-order valence-electron chi connectivity index (χ1n) is 11.4. The summed E-state index contributed by atoms with van der Waals surface area (Å²) in [5, 5.41) is 9.48. The Labute approximate surface area is 217 Å². The standard InChI is InChI=1S/C14H18O7.C12H18N2O2/c1-4-11(16)19-8-14(7-15,9-20-12(17)5-2)10-21-13(18)6-3;1-11(2)4-10(14-9-16)5-12(3,6-11)7-13-8-15/h4-6,15H,1-3,7-10H2;10H,4-7H2,1-3H3. The SMILES string of the molecule is C=CC(=O)OCC(CO)(COC(=O)C=C)COC(=O)C=C.CC1(C)CC(N=C=O)CC(C)(CN=C=O)C1. The highest BCUT2D eigenvalue weighted by molar-refractivity contribution is 5.82. The number of rotatable bonds is 13. The summed E-state index contributed by atoms with van der Waals surface area (Å²) in [5.74, 6) is -2.17. The lowest BCUT2D eigenvalue weighted by atomic mass is 9.63. The second kappa shape index (κ2) is 16.2. The first-order chi connectivity index (χ1) is 17.3. The minimum Gasteiger partial charge on any atom is -0.462 e. The summed E-state index contributed by atoms with van der Waals surface area (Å²) in [5.41, 5.74) is -1.23. The normalized spacial score (nSPS) is 19.7. The van der Waals surface area contributed by atoms with Crippen molar-refractivity contribution in [3.05, 3.63) is 38.0 Å². The first-order valence-corrected chi connectivity index (χ1v) is 11.4. The highest BCUT2D eigenvalue weighted by Gasteiger charge is 2.41. The van der Waals surface area contributed by atoms with Gasteiger partial charge in [-0.25, -0.2) is 34.0 Å². The maximum Gasteiger partial charge on any atom is 0.330 e. The second-order valence-electron chi connectivity index (χ2n) is 9.94. The van der Waals surface area contributed by atoms with E-state index in [0.29, 0.717) is 6.54 Å². The van der Waals surface area contributed by atoms with Crippen molar-refractivity contribution in [2.75, 3.05) is 33.0 Å². The lowest BCUT2D eigenvalue weighted by molar-refractivity contribution is -0.159. The van der Waals surface area contributed by atoms with Crippen molar-refractivity contribution in [1.82, 2.24) is 0 Å². The number of carbonyl (C=O) groups excluding carboxylic acids is 5. The van der Waals surface area contributed by atoms with Crippen LogP contribution < -0.4 is 0 Å². The van der Waals surface area contributed by atoms with E-state index in [4.69, 9.17) is 14.2 Å². The molecule has 0 aliphatic heterocycles. The Morgan fingerprint density at radius 2 is 1.38 bits per heavy atom. The summed E-state index contributed by atoms with van der Waals surface area (Å²) in [6.45, 7) is 15.0. The van der Waals surface area contributed by atoms with Gasteiger partial charge in [-0.05, 0) is 30.1 Å². The largest absolute Gasteiger partial charge is 0.462 e. The van der Waals surface area contributed by atoms with Gasteiger partial charge in [0.2, 0.25) is 12.2 Å². The van der Waals surface area contributed by atoms with Gasteiger partial charge in [-0.3, -0.25) is 0 Å². The van der Waals surface area contributed by atoms with Crippen molar-refractivity contribution in [3.63, 3.8) is 0 Å². The molecule has 0 amide bonds. The molecular formula is C26H36N2O9. The molecule has 37 heavy (non-hydrogen) atoms. The maximum absolute atomic E-state index is 11.1. The van der Waals surface area contributed by atoms with Crippen molar-refractivity contribution in [3.8, 4) is 0 Å². The number of aliphatic imine (C=N–C) groups is 2. The first kappa shape index (κ1) is 33.4. The van der Waals surface area contributed by atoms with Gasteiger partial charge in [0.1, 0.15) is 19.8 Å². The molecule has 0 heterocycles. The lowest BCUT2D eigenvalue weighted by Gasteiger charge is -2.44. The Bertz CT molecular complexity index is 871. The maximum atomic E-state index is 11.1. The van der Waals surface area contributed by atoms with Crippen LogP contribution in [0, 0.1) is 16.2 Å². The number of hydrogen-bond donors (Lipinski definition) is 1. The molecule has 1 aliphatic rings. The van der Waals surface area contributed by atoms with E-state index in [-0.39, 0.29) is 36.7 Å². The topological polar surface area (TPSA) is 158 Å². The van der Waals surface area contributed by atoms with Crippen LogP contribution >= 0.6 is 0 Å². The Hall–Kier alpha value is -3.65. The van der Waals surface area contributed by atoms with Gasteiger partial charge >= 0.3 is 17.9 Å². The number of hydrogen-bond acceptors (Lipinski definition) is 11. The zero-order valence-electron chi connectivity index (χ0n) is 21.7. The van der Waals surface area contributed by atoms with Gasteiger partial charge in [-0.15, -0.1) is 0 Å². The van der Waals surface area contributed by atoms with E-state index in [9.17, 15) is 29.1 Å². The molecule has 0 radical (unpaired) electrons. The van der Waals surface area contributed by atoms with Gasteiger partial charge in [-0.2, -0.15) is 0 Å². The zero-order chi connectivity index (χ0) is 28.5. The van der Waals surface area contributed by atoms with Crippen molar-refractivity contribution in [2.45, 2.75) is 46.1 Å². The van der Waals surface area contributed by atoms with Crippen LogP contribution in [0.3, 0.4) is 0 Å². The molecule has 1 fully saturated rings. The van der Waals surface area contributed by atoms with E-state index in [2.05, 4.69) is 50.5 Å². The molecule has 1 N–H and O–H groups in total. The third kappa shape index (κ3) is 13.3. The van der Waals surface area contributed by atoms with Gasteiger partial charge in [0.05, 0.1) is 24.6 Å². The van der Waals surface area contributed by atoms with Crippen molar-refractivity contribution >= 4 is 30.1 Å². The summed E-state index contributed by atoms with van der Waals surface area (Å²) < 4.78 is 14.5. The van der Waals surface area contributed by atoms with Crippen LogP contribution in [0.4, 0.5) is 0 Å². The molecule has 0 aromatic carbocycles. The molecule has 0 aromatic rings. The molecule has 204 valence electrons. The zero-order valence-corrected chi connectivity index (χ0v) is 21.7. The number of esters is 3. The van der Waals surface area contributed by atoms with E-state index in [1.54, 1.807) is 12.2 Å². The minimum atomic E-state index is -1.28. The second-order valence-corrected chi connectivity index (χ2v) is 9.94. The molecule has 0 spiro atoms. The summed E-state index contributed by atoms with van der Waals surface area (Å²) in [7, 11) is 0. The predicted molar refractivity (Wildman–Crippen MR) is 134 cm³/mol. The number of carbonyl (C=O) groups is 3. The molecule has 11 nitrogen and oxygen atoms in total. The average Bonchev–Trinajstić information content (AvgIpc) is 2.86. The summed E-state index contributed by atoms with van der Waals surface area (Å²) >= 11 is 0. The third-order valence-corrected chi connectivity index (χ3v) is 5.58. The van der Waals surface area contributed by atoms with Gasteiger partial charge in [-0.1, -0.05) is 40.5 Å². The average molecular weight is 521 g/mol. The van der Waals surface area contributed by atoms with E-state index < -0.39 is 29.9 Å². The minimum absolute atomic E-state index is 0.00750. The molecular weight excluding hydrogens is 484 g/mol. The molecule has 1 saturated carbocycles. The fourth-order valence-corrected chi connectivity index (χ4v) is 4.20. The van der Waals surface area contributed by atoms with E-state index in [0.717, 1.165) is 37.5 Å². The van der Waals surface area contributed by atoms with Gasteiger partial charge < -0.3 is 19.3 Å². The lowest BCUT2D eigenvalue weighted by Crippen LogP contribution is -2.42. The van der Waals surface area contributed by atoms with E-state index in [1.807, 2.05) is 0 Å². The number of nitrogens with zero attached hydrogens (tertiary/aromatic N) is 2. The van der Waals surface area contributed by atoms with Crippen molar-refractivity contribution in [1.29, 1.82) is 0 Å². The van der Waals surface area contributed by atoms with Crippen molar-refractivity contribution in [2.24, 2.45) is 26.2 Å². The predicted octanol–water partition coefficient (Wildman–Crippen LogP) is 2.40. The summed E-state index contributed by atoms with van der Waals surface area (Å²) in [4.78, 5) is 61.3. The third-order valence-electron chi connectivity index (χ3n) is 5.58. The fraction of sp³-hybridized carbons (Fsp3) is 0.577. The quantitative estimate of drug-likeness (QED) is 0.126. The number of aliphatic hydroxyl groups excluding tert-OH is 1. The van der Waals surface area contributed by atoms with Crippen LogP contribution in [-0.4, -0.2) is 74.2 Å². The fourth-order valence-electron chi connectivity index (χ4n) is 4.20. The molecule has 0 saturated heterocycles. The summed E-state index contributed by atoms with van der Waals surface area (Å²) in [6.07, 6.45) is 8.69. The van der Waals surface area contributed by atoms with Crippen molar-refractivity contribution < 1.29 is 43.3 Å². The number of isocyanates is 2. The Morgan fingerprint density at radius 1 is 0.919 bits per heavy atom. The van der Waals surface area contributed by atoms with Gasteiger partial charge in [0.15, 0.2) is 0 Å². The highest BCUT2D eigenvalue weighted by Crippen LogP contribution is 2.47. The highest BCUT2D eigenvalue weighted by atomic mass is 16.6. The molecule has 2 unspecified atom stereocenters. The van der Waals surface area contributed by atoms with Gasteiger partial charge in [0, 0.05) is 18.2 Å². The van der Waals surface area contributed by atoms with E-state index >= 15 is 0 Å². The molecule has 1 rings (SSSR count). The molecule has 1 aliphatic carbocycles. The Balaban J connectivity index is 0.000000724. The van der Waals surface area contributed by atoms with E-state index in [1.165, 1.54) is 0 Å². The molecule has 2 atom stereocenters. The van der Waals surface area contributed by atoms with Crippen LogP contribution in [0.5, 0.6) is 0 Å². The van der Waals surface area contributed by atoms with Crippen LogP contribution in [-0.2, 0) is 38.2 Å².